The maximum absolute atomic E-state index is 12.4. The highest BCUT2D eigenvalue weighted by atomic mass is 16.1. The van der Waals surface area contributed by atoms with Crippen LogP contribution in [0.25, 0.3) is 0 Å². The number of aromatic nitrogens is 2. The van der Waals surface area contributed by atoms with Gasteiger partial charge in [0.2, 0.25) is 0 Å². The molecule has 1 aromatic heterocycles. The fourth-order valence-electron chi connectivity index (χ4n) is 3.07. The van der Waals surface area contributed by atoms with Gasteiger partial charge in [-0.3, -0.25) is 9.78 Å². The standard InChI is InChI=1S/C16H26N4O/c1-3-13(12-8-6-5-7-9-12)20-16(21)14-10-17-11-15(19-14)18-4-2/h10-13H,3-9H2,1-2H3,(H,18,19)(H,20,21). The zero-order valence-corrected chi connectivity index (χ0v) is 13.1. The second-order valence-corrected chi connectivity index (χ2v) is 5.71. The molecule has 1 heterocycles. The van der Waals surface area contributed by atoms with Gasteiger partial charge in [-0.25, -0.2) is 4.98 Å². The average Bonchev–Trinajstić information content (AvgIpc) is 2.54. The Hall–Kier alpha value is -1.65. The summed E-state index contributed by atoms with van der Waals surface area (Å²) in [5.41, 5.74) is 0.391. The van der Waals surface area contributed by atoms with Gasteiger partial charge in [-0.05, 0) is 32.1 Å². The van der Waals surface area contributed by atoms with Gasteiger partial charge in [0.25, 0.3) is 5.91 Å². The van der Waals surface area contributed by atoms with Crippen LogP contribution in [0.5, 0.6) is 0 Å². The molecule has 1 atom stereocenters. The zero-order chi connectivity index (χ0) is 15.1. The van der Waals surface area contributed by atoms with E-state index in [1.165, 1.54) is 38.3 Å². The number of anilines is 1. The summed E-state index contributed by atoms with van der Waals surface area (Å²) in [4.78, 5) is 20.8. The van der Waals surface area contributed by atoms with E-state index in [2.05, 4.69) is 27.5 Å². The van der Waals surface area contributed by atoms with Crippen LogP contribution < -0.4 is 10.6 Å². The van der Waals surface area contributed by atoms with Crippen LogP contribution in [0.1, 0.15) is 62.9 Å². The number of hydrogen-bond acceptors (Lipinski definition) is 4. The molecule has 21 heavy (non-hydrogen) atoms. The summed E-state index contributed by atoms with van der Waals surface area (Å²) in [5.74, 6) is 1.15. The Morgan fingerprint density at radius 3 is 2.71 bits per heavy atom. The van der Waals surface area contributed by atoms with Crippen LogP contribution in [0.15, 0.2) is 12.4 Å². The number of amides is 1. The minimum atomic E-state index is -0.111. The molecule has 1 aliphatic carbocycles. The van der Waals surface area contributed by atoms with Crippen LogP contribution in [0.4, 0.5) is 5.82 Å². The lowest BCUT2D eigenvalue weighted by molar-refractivity contribution is 0.0905. The molecule has 1 saturated carbocycles. The summed E-state index contributed by atoms with van der Waals surface area (Å²) in [6.07, 6.45) is 10.5. The van der Waals surface area contributed by atoms with Crippen molar-refractivity contribution >= 4 is 11.7 Å². The summed E-state index contributed by atoms with van der Waals surface area (Å²) in [5, 5.41) is 6.23. The fourth-order valence-corrected chi connectivity index (χ4v) is 3.07. The number of carbonyl (C=O) groups excluding carboxylic acids is 1. The highest BCUT2D eigenvalue weighted by Crippen LogP contribution is 2.27. The summed E-state index contributed by atoms with van der Waals surface area (Å²) in [7, 11) is 0. The highest BCUT2D eigenvalue weighted by molar-refractivity contribution is 5.92. The molecule has 2 rings (SSSR count). The van der Waals surface area contributed by atoms with Crippen molar-refractivity contribution < 1.29 is 4.79 Å². The molecule has 0 aromatic carbocycles. The number of nitrogens with zero attached hydrogens (tertiary/aromatic N) is 2. The molecule has 2 N–H and O–H groups in total. The predicted molar refractivity (Wildman–Crippen MR) is 84.3 cm³/mol. The molecule has 1 unspecified atom stereocenters. The number of carbonyl (C=O) groups is 1. The Labute approximate surface area is 127 Å². The first-order chi connectivity index (χ1) is 10.2. The minimum absolute atomic E-state index is 0.111. The van der Waals surface area contributed by atoms with Gasteiger partial charge in [0, 0.05) is 12.6 Å². The normalized spacial score (nSPS) is 17.2. The summed E-state index contributed by atoms with van der Waals surface area (Å²) >= 11 is 0. The van der Waals surface area contributed by atoms with E-state index in [4.69, 9.17) is 0 Å². The third-order valence-electron chi connectivity index (χ3n) is 4.20. The van der Waals surface area contributed by atoms with Crippen molar-refractivity contribution in [2.75, 3.05) is 11.9 Å². The van der Waals surface area contributed by atoms with Crippen LogP contribution in [0.2, 0.25) is 0 Å². The molecule has 1 fully saturated rings. The van der Waals surface area contributed by atoms with Crippen molar-refractivity contribution in [2.45, 2.75) is 58.4 Å². The van der Waals surface area contributed by atoms with Gasteiger partial charge < -0.3 is 10.6 Å². The smallest absolute Gasteiger partial charge is 0.271 e. The molecule has 5 heteroatoms. The largest absolute Gasteiger partial charge is 0.369 e. The average molecular weight is 290 g/mol. The van der Waals surface area contributed by atoms with E-state index >= 15 is 0 Å². The molecule has 0 spiro atoms. The maximum Gasteiger partial charge on any atom is 0.271 e. The molecule has 0 radical (unpaired) electrons. The van der Waals surface area contributed by atoms with Crippen molar-refractivity contribution in [3.63, 3.8) is 0 Å². The van der Waals surface area contributed by atoms with Gasteiger partial charge in [0.1, 0.15) is 11.5 Å². The van der Waals surface area contributed by atoms with E-state index in [9.17, 15) is 4.79 Å². The van der Waals surface area contributed by atoms with E-state index in [0.29, 0.717) is 17.4 Å². The molecular weight excluding hydrogens is 264 g/mol. The molecule has 0 bridgehead atoms. The maximum atomic E-state index is 12.4. The topological polar surface area (TPSA) is 66.9 Å². The van der Waals surface area contributed by atoms with Crippen LogP contribution in [-0.2, 0) is 0 Å². The Bertz CT molecular complexity index is 457. The Balaban J connectivity index is 1.99. The van der Waals surface area contributed by atoms with Crippen molar-refractivity contribution in [3.8, 4) is 0 Å². The second-order valence-electron chi connectivity index (χ2n) is 5.71. The van der Waals surface area contributed by atoms with Crippen LogP contribution in [0.3, 0.4) is 0 Å². The van der Waals surface area contributed by atoms with E-state index in [1.807, 2.05) is 6.92 Å². The monoisotopic (exact) mass is 290 g/mol. The van der Waals surface area contributed by atoms with Gasteiger partial charge in [-0.15, -0.1) is 0 Å². The molecule has 1 amide bonds. The summed E-state index contributed by atoms with van der Waals surface area (Å²) in [6.45, 7) is 4.89. The van der Waals surface area contributed by atoms with Crippen LogP contribution >= 0.6 is 0 Å². The lowest BCUT2D eigenvalue weighted by Crippen LogP contribution is -2.41. The minimum Gasteiger partial charge on any atom is -0.369 e. The van der Waals surface area contributed by atoms with E-state index in [1.54, 1.807) is 6.20 Å². The van der Waals surface area contributed by atoms with Crippen molar-refractivity contribution in [1.82, 2.24) is 15.3 Å². The van der Waals surface area contributed by atoms with Gasteiger partial charge >= 0.3 is 0 Å². The van der Waals surface area contributed by atoms with Gasteiger partial charge in [0.05, 0.1) is 12.4 Å². The van der Waals surface area contributed by atoms with Gasteiger partial charge in [-0.2, -0.15) is 0 Å². The third kappa shape index (κ3) is 4.41. The molecule has 0 aliphatic heterocycles. The van der Waals surface area contributed by atoms with Gasteiger partial charge in [0.15, 0.2) is 0 Å². The lowest BCUT2D eigenvalue weighted by Gasteiger charge is -2.30. The highest BCUT2D eigenvalue weighted by Gasteiger charge is 2.24. The Morgan fingerprint density at radius 2 is 2.05 bits per heavy atom. The van der Waals surface area contributed by atoms with E-state index < -0.39 is 0 Å². The first-order valence-corrected chi connectivity index (χ1v) is 8.11. The van der Waals surface area contributed by atoms with Crippen LogP contribution in [-0.4, -0.2) is 28.5 Å². The number of nitrogens with one attached hydrogen (secondary N) is 2. The summed E-state index contributed by atoms with van der Waals surface area (Å²) in [6, 6.07) is 0.252. The van der Waals surface area contributed by atoms with Crippen LogP contribution in [0, 0.1) is 5.92 Å². The predicted octanol–water partition coefficient (Wildman–Crippen LogP) is 3.00. The zero-order valence-electron chi connectivity index (χ0n) is 13.1. The molecule has 0 saturated heterocycles. The van der Waals surface area contributed by atoms with E-state index in [-0.39, 0.29) is 11.9 Å². The molecule has 1 aliphatic rings. The second kappa shape index (κ2) is 7.96. The van der Waals surface area contributed by atoms with Crippen molar-refractivity contribution in [2.24, 2.45) is 5.92 Å². The molecular formula is C16H26N4O. The Morgan fingerprint density at radius 1 is 1.29 bits per heavy atom. The molecule has 116 valence electrons. The lowest BCUT2D eigenvalue weighted by atomic mass is 9.83. The molecule has 1 aromatic rings. The first kappa shape index (κ1) is 15.7. The fraction of sp³-hybridized carbons (Fsp3) is 0.688. The molecule has 5 nitrogen and oxygen atoms in total. The van der Waals surface area contributed by atoms with E-state index in [0.717, 1.165) is 13.0 Å². The quantitative estimate of drug-likeness (QED) is 0.845. The third-order valence-corrected chi connectivity index (χ3v) is 4.20. The van der Waals surface area contributed by atoms with Crippen molar-refractivity contribution in [3.05, 3.63) is 18.1 Å². The summed E-state index contributed by atoms with van der Waals surface area (Å²) < 4.78 is 0. The SMILES string of the molecule is CCNc1cncc(C(=O)NC(CC)C2CCCCC2)n1. The first-order valence-electron chi connectivity index (χ1n) is 8.11. The Kier molecular flexibility index (Phi) is 5.96. The van der Waals surface area contributed by atoms with Gasteiger partial charge in [-0.1, -0.05) is 26.2 Å². The number of hydrogen-bond donors (Lipinski definition) is 2. The number of rotatable bonds is 6. The van der Waals surface area contributed by atoms with Crippen molar-refractivity contribution in [1.29, 1.82) is 0 Å².